The van der Waals surface area contributed by atoms with Crippen molar-refractivity contribution in [2.75, 3.05) is 46.3 Å². The number of fused-ring (bicyclic) bond motifs is 1. The van der Waals surface area contributed by atoms with Gasteiger partial charge in [-0.25, -0.2) is 0 Å². The molecule has 150 valence electrons. The van der Waals surface area contributed by atoms with Crippen LogP contribution in [0, 0.1) is 0 Å². The zero-order valence-electron chi connectivity index (χ0n) is 17.0. The average molecular weight is 390 g/mol. The third-order valence-corrected chi connectivity index (χ3v) is 7.62. The lowest BCUT2D eigenvalue weighted by atomic mass is 10.1. The predicted octanol–water partition coefficient (Wildman–Crippen LogP) is 2.63. The standard InChI is InChI=1S/C21H35N5S/c1-17(25-12-7-20-18(15-25)8-13-27-20)14-23-21(22-2)26-11-6-19(16-26)24-9-4-3-5-10-24/h8,13,17,19H,3-7,9-12,14-16H2,1-2H3,(H,22,23). The second kappa shape index (κ2) is 8.93. The van der Waals surface area contributed by atoms with Crippen LogP contribution in [0.25, 0.3) is 0 Å². The lowest BCUT2D eigenvalue weighted by molar-refractivity contribution is 0.168. The Morgan fingerprint density at radius 3 is 2.93 bits per heavy atom. The summed E-state index contributed by atoms with van der Waals surface area (Å²) in [6.07, 6.45) is 6.65. The molecule has 1 N–H and O–H groups in total. The molecular formula is C21H35N5S. The molecule has 0 aliphatic carbocycles. The maximum absolute atomic E-state index is 4.59. The molecule has 4 heterocycles. The van der Waals surface area contributed by atoms with E-state index in [4.69, 9.17) is 0 Å². The molecule has 27 heavy (non-hydrogen) atoms. The predicted molar refractivity (Wildman–Crippen MR) is 115 cm³/mol. The summed E-state index contributed by atoms with van der Waals surface area (Å²) < 4.78 is 0. The van der Waals surface area contributed by atoms with Crippen molar-refractivity contribution in [2.45, 2.75) is 57.7 Å². The molecule has 0 spiro atoms. The molecule has 5 nitrogen and oxygen atoms in total. The number of nitrogens with one attached hydrogen (secondary N) is 1. The minimum Gasteiger partial charge on any atom is -0.355 e. The molecule has 0 saturated carbocycles. The molecule has 2 saturated heterocycles. The number of hydrogen-bond donors (Lipinski definition) is 1. The highest BCUT2D eigenvalue weighted by Crippen LogP contribution is 2.25. The Labute approximate surface area is 168 Å². The van der Waals surface area contributed by atoms with E-state index in [1.807, 2.05) is 18.4 Å². The van der Waals surface area contributed by atoms with E-state index in [9.17, 15) is 0 Å². The fraction of sp³-hybridized carbons (Fsp3) is 0.762. The van der Waals surface area contributed by atoms with E-state index >= 15 is 0 Å². The van der Waals surface area contributed by atoms with Crippen molar-refractivity contribution in [2.24, 2.45) is 4.99 Å². The summed E-state index contributed by atoms with van der Waals surface area (Å²) in [5.74, 6) is 1.09. The quantitative estimate of drug-likeness (QED) is 0.634. The van der Waals surface area contributed by atoms with Crippen molar-refractivity contribution < 1.29 is 0 Å². The summed E-state index contributed by atoms with van der Waals surface area (Å²) >= 11 is 1.92. The Balaban J connectivity index is 1.26. The summed E-state index contributed by atoms with van der Waals surface area (Å²) in [6.45, 7) is 10.4. The van der Waals surface area contributed by atoms with Gasteiger partial charge in [-0.15, -0.1) is 11.3 Å². The fourth-order valence-electron chi connectivity index (χ4n) is 4.86. The van der Waals surface area contributed by atoms with Crippen molar-refractivity contribution >= 4 is 17.3 Å². The van der Waals surface area contributed by atoms with Crippen LogP contribution in [0.5, 0.6) is 0 Å². The van der Waals surface area contributed by atoms with Crippen LogP contribution in [0.15, 0.2) is 16.4 Å². The van der Waals surface area contributed by atoms with Gasteiger partial charge in [0.1, 0.15) is 0 Å². The maximum Gasteiger partial charge on any atom is 0.193 e. The third-order valence-electron chi connectivity index (χ3n) is 6.60. The van der Waals surface area contributed by atoms with E-state index in [2.05, 4.69) is 43.4 Å². The Morgan fingerprint density at radius 2 is 2.11 bits per heavy atom. The average Bonchev–Trinajstić information content (AvgIpc) is 3.38. The van der Waals surface area contributed by atoms with Gasteiger partial charge in [0.2, 0.25) is 0 Å². The number of hydrogen-bond acceptors (Lipinski definition) is 4. The number of rotatable bonds is 4. The van der Waals surface area contributed by atoms with E-state index in [0.29, 0.717) is 6.04 Å². The van der Waals surface area contributed by atoms with Crippen LogP contribution in [-0.4, -0.2) is 79.1 Å². The van der Waals surface area contributed by atoms with E-state index in [1.54, 1.807) is 4.88 Å². The number of thiophene rings is 1. The first kappa shape index (κ1) is 19.2. The zero-order valence-corrected chi connectivity index (χ0v) is 17.8. The van der Waals surface area contributed by atoms with Crippen LogP contribution in [0.4, 0.5) is 0 Å². The van der Waals surface area contributed by atoms with Crippen molar-refractivity contribution in [3.8, 4) is 0 Å². The second-order valence-electron chi connectivity index (χ2n) is 8.35. The van der Waals surface area contributed by atoms with Gasteiger partial charge in [0.05, 0.1) is 0 Å². The van der Waals surface area contributed by atoms with Gasteiger partial charge in [0, 0.05) is 56.7 Å². The van der Waals surface area contributed by atoms with E-state index in [0.717, 1.165) is 38.2 Å². The Bertz CT molecular complexity index is 636. The van der Waals surface area contributed by atoms with Crippen LogP contribution in [0.2, 0.25) is 0 Å². The number of guanidine groups is 1. The largest absolute Gasteiger partial charge is 0.355 e. The third kappa shape index (κ3) is 4.49. The Morgan fingerprint density at radius 1 is 1.26 bits per heavy atom. The lowest BCUT2D eigenvalue weighted by Crippen LogP contribution is -2.49. The summed E-state index contributed by atoms with van der Waals surface area (Å²) in [6, 6.07) is 3.55. The minimum absolute atomic E-state index is 0.523. The SMILES string of the molecule is CN=C(NCC(C)N1CCc2sccc2C1)N1CCC(N2CCCCC2)C1. The van der Waals surface area contributed by atoms with Gasteiger partial charge in [-0.1, -0.05) is 6.42 Å². The first-order valence-electron chi connectivity index (χ1n) is 10.7. The number of likely N-dealkylation sites (tertiary alicyclic amines) is 2. The molecule has 3 aliphatic rings. The summed E-state index contributed by atoms with van der Waals surface area (Å²) in [7, 11) is 1.93. The maximum atomic E-state index is 4.59. The molecule has 0 bridgehead atoms. The normalized spacial score (nSPS) is 26.2. The summed E-state index contributed by atoms with van der Waals surface area (Å²) in [5, 5.41) is 5.91. The summed E-state index contributed by atoms with van der Waals surface area (Å²) in [4.78, 5) is 14.0. The van der Waals surface area contributed by atoms with Gasteiger partial charge in [0.15, 0.2) is 5.96 Å². The molecule has 2 fully saturated rings. The van der Waals surface area contributed by atoms with Gasteiger partial charge < -0.3 is 10.2 Å². The van der Waals surface area contributed by atoms with Gasteiger partial charge in [0.25, 0.3) is 0 Å². The zero-order chi connectivity index (χ0) is 18.6. The van der Waals surface area contributed by atoms with E-state index in [1.165, 1.54) is 57.3 Å². The topological polar surface area (TPSA) is 34.1 Å². The smallest absolute Gasteiger partial charge is 0.193 e. The van der Waals surface area contributed by atoms with Gasteiger partial charge in [-0.2, -0.15) is 0 Å². The molecule has 4 rings (SSSR count). The number of aliphatic imine (C=N–C) groups is 1. The van der Waals surface area contributed by atoms with Gasteiger partial charge >= 0.3 is 0 Å². The van der Waals surface area contributed by atoms with Crippen LogP contribution >= 0.6 is 11.3 Å². The molecule has 1 aromatic heterocycles. The van der Waals surface area contributed by atoms with Crippen LogP contribution in [0.3, 0.4) is 0 Å². The molecular weight excluding hydrogens is 354 g/mol. The monoisotopic (exact) mass is 389 g/mol. The Hall–Kier alpha value is -1.11. The number of nitrogens with zero attached hydrogens (tertiary/aromatic N) is 4. The minimum atomic E-state index is 0.523. The molecule has 2 atom stereocenters. The highest BCUT2D eigenvalue weighted by atomic mass is 32.1. The highest BCUT2D eigenvalue weighted by Gasteiger charge is 2.30. The molecule has 2 unspecified atom stereocenters. The van der Waals surface area contributed by atoms with E-state index < -0.39 is 0 Å². The summed E-state index contributed by atoms with van der Waals surface area (Å²) in [5.41, 5.74) is 1.53. The Kier molecular flexibility index (Phi) is 6.35. The van der Waals surface area contributed by atoms with Gasteiger partial charge in [-0.05, 0) is 62.7 Å². The molecule has 3 aliphatic heterocycles. The first-order chi connectivity index (χ1) is 13.2. The van der Waals surface area contributed by atoms with Gasteiger partial charge in [-0.3, -0.25) is 14.8 Å². The first-order valence-corrected chi connectivity index (χ1v) is 11.6. The number of piperidine rings is 1. The fourth-order valence-corrected chi connectivity index (χ4v) is 5.75. The van der Waals surface area contributed by atoms with Crippen LogP contribution < -0.4 is 5.32 Å². The molecule has 1 aromatic rings. The molecule has 0 aromatic carbocycles. The molecule has 0 radical (unpaired) electrons. The molecule has 6 heteroatoms. The van der Waals surface area contributed by atoms with Crippen molar-refractivity contribution in [1.82, 2.24) is 20.0 Å². The van der Waals surface area contributed by atoms with Crippen molar-refractivity contribution in [3.05, 3.63) is 21.9 Å². The van der Waals surface area contributed by atoms with Crippen LogP contribution in [0.1, 0.15) is 43.0 Å². The van der Waals surface area contributed by atoms with Crippen molar-refractivity contribution in [1.29, 1.82) is 0 Å². The lowest BCUT2D eigenvalue weighted by Gasteiger charge is -2.34. The second-order valence-corrected chi connectivity index (χ2v) is 9.35. The molecule has 0 amide bonds. The van der Waals surface area contributed by atoms with E-state index in [-0.39, 0.29) is 0 Å². The highest BCUT2D eigenvalue weighted by molar-refractivity contribution is 7.10. The van der Waals surface area contributed by atoms with Crippen LogP contribution in [-0.2, 0) is 13.0 Å². The van der Waals surface area contributed by atoms with Crippen molar-refractivity contribution in [3.63, 3.8) is 0 Å².